The Kier molecular flexibility index (Phi) is 7.27. The van der Waals surface area contributed by atoms with E-state index in [0.29, 0.717) is 22.4 Å². The van der Waals surface area contributed by atoms with Crippen molar-refractivity contribution in [2.75, 3.05) is 31.5 Å². The molecule has 29 heavy (non-hydrogen) atoms. The van der Waals surface area contributed by atoms with Crippen molar-refractivity contribution < 1.29 is 4.74 Å². The minimum Gasteiger partial charge on any atom is -0.490 e. The van der Waals surface area contributed by atoms with Gasteiger partial charge in [-0.05, 0) is 37.9 Å². The van der Waals surface area contributed by atoms with Crippen LogP contribution in [0.5, 0.6) is 5.75 Å². The number of anilines is 1. The van der Waals surface area contributed by atoms with E-state index in [1.165, 1.54) is 17.7 Å². The Morgan fingerprint density at radius 1 is 1.07 bits per heavy atom. The predicted molar refractivity (Wildman–Crippen MR) is 117 cm³/mol. The van der Waals surface area contributed by atoms with Crippen LogP contribution in [0, 0.1) is 0 Å². The zero-order valence-electron chi connectivity index (χ0n) is 16.7. The lowest BCUT2D eigenvalue weighted by Crippen LogP contribution is -2.39. The normalized spacial score (nSPS) is 15.4. The molecule has 1 aliphatic rings. The third kappa shape index (κ3) is 5.56. The smallest absolute Gasteiger partial charge is 0.332 e. The Bertz CT molecular complexity index is 965. The summed E-state index contributed by atoms with van der Waals surface area (Å²) in [6.07, 6.45) is 3.01. The van der Waals surface area contributed by atoms with Gasteiger partial charge in [-0.15, -0.1) is 0 Å². The van der Waals surface area contributed by atoms with E-state index >= 15 is 0 Å². The number of hydrogen-bond acceptors (Lipinski definition) is 5. The van der Waals surface area contributed by atoms with Gasteiger partial charge in [-0.3, -0.25) is 13.9 Å². The van der Waals surface area contributed by atoms with Crippen LogP contribution in [0.25, 0.3) is 0 Å². The van der Waals surface area contributed by atoms with Crippen LogP contribution in [0.2, 0.25) is 10.0 Å². The number of piperidine rings is 1. The molecule has 1 saturated heterocycles. The van der Waals surface area contributed by atoms with Crippen LogP contribution in [-0.2, 0) is 14.1 Å². The van der Waals surface area contributed by atoms with Crippen LogP contribution in [0.1, 0.15) is 19.3 Å². The van der Waals surface area contributed by atoms with E-state index in [-0.39, 0.29) is 17.4 Å². The largest absolute Gasteiger partial charge is 0.490 e. The molecule has 1 aromatic heterocycles. The van der Waals surface area contributed by atoms with Crippen molar-refractivity contribution in [1.82, 2.24) is 14.0 Å². The van der Waals surface area contributed by atoms with Gasteiger partial charge in [0.2, 0.25) is 0 Å². The molecule has 2 heterocycles. The summed E-state index contributed by atoms with van der Waals surface area (Å²) in [7, 11) is 3.13. The molecule has 0 spiro atoms. The standard InChI is InChI=1S/C20H26Cl2N4O3/c1-24-18(13-19(27)25(2)20(24)28)23-8-3-9-26-10-6-14(7-11-26)29-15-4-5-16(21)17(22)12-15/h4-5,12-14,23H,3,6-11H2,1-2H3. The Hall–Kier alpha value is -1.96. The van der Waals surface area contributed by atoms with Crippen molar-refractivity contribution in [3.63, 3.8) is 0 Å². The van der Waals surface area contributed by atoms with Crippen molar-refractivity contribution in [2.24, 2.45) is 14.1 Å². The van der Waals surface area contributed by atoms with Gasteiger partial charge in [-0.25, -0.2) is 4.79 Å². The Balaban J connectivity index is 1.40. The van der Waals surface area contributed by atoms with E-state index in [4.69, 9.17) is 27.9 Å². The van der Waals surface area contributed by atoms with Gasteiger partial charge in [-0.1, -0.05) is 23.2 Å². The molecule has 0 bridgehead atoms. The molecule has 1 aliphatic heterocycles. The molecule has 1 aromatic carbocycles. The van der Waals surface area contributed by atoms with Gasteiger partial charge in [-0.2, -0.15) is 0 Å². The van der Waals surface area contributed by atoms with E-state index in [2.05, 4.69) is 10.2 Å². The second kappa shape index (κ2) is 9.69. The van der Waals surface area contributed by atoms with E-state index in [9.17, 15) is 9.59 Å². The molecular formula is C20H26Cl2N4O3. The fourth-order valence-electron chi connectivity index (χ4n) is 3.41. The summed E-state index contributed by atoms with van der Waals surface area (Å²) in [6.45, 7) is 3.58. The average molecular weight is 441 g/mol. The van der Waals surface area contributed by atoms with Crippen molar-refractivity contribution in [1.29, 1.82) is 0 Å². The summed E-state index contributed by atoms with van der Waals surface area (Å²) in [5.41, 5.74) is -0.635. The fourth-order valence-corrected chi connectivity index (χ4v) is 3.70. The Labute approximate surface area is 179 Å². The quantitative estimate of drug-likeness (QED) is 0.670. The van der Waals surface area contributed by atoms with Gasteiger partial charge >= 0.3 is 5.69 Å². The molecule has 158 valence electrons. The lowest BCUT2D eigenvalue weighted by Gasteiger charge is -2.32. The molecular weight excluding hydrogens is 415 g/mol. The zero-order valence-corrected chi connectivity index (χ0v) is 18.2. The molecule has 0 unspecified atom stereocenters. The third-order valence-corrected chi connectivity index (χ3v) is 5.95. The van der Waals surface area contributed by atoms with E-state index in [1.807, 2.05) is 6.07 Å². The molecule has 9 heteroatoms. The molecule has 0 atom stereocenters. The molecule has 0 radical (unpaired) electrons. The second-order valence-electron chi connectivity index (χ2n) is 7.28. The first kappa shape index (κ1) is 21.7. The molecule has 0 saturated carbocycles. The van der Waals surface area contributed by atoms with Gasteiger partial charge in [0.1, 0.15) is 17.7 Å². The van der Waals surface area contributed by atoms with E-state index in [0.717, 1.165) is 49.2 Å². The molecule has 2 aromatic rings. The average Bonchev–Trinajstić information content (AvgIpc) is 2.71. The third-order valence-electron chi connectivity index (χ3n) is 5.21. The first-order valence-corrected chi connectivity index (χ1v) is 10.5. The first-order valence-electron chi connectivity index (χ1n) is 9.70. The number of benzene rings is 1. The van der Waals surface area contributed by atoms with Crippen LogP contribution >= 0.6 is 23.2 Å². The maximum Gasteiger partial charge on any atom is 0.332 e. The highest BCUT2D eigenvalue weighted by atomic mass is 35.5. The highest BCUT2D eigenvalue weighted by Crippen LogP contribution is 2.28. The summed E-state index contributed by atoms with van der Waals surface area (Å²) < 4.78 is 8.57. The minimum atomic E-state index is -0.330. The molecule has 1 fully saturated rings. The maximum absolute atomic E-state index is 11.9. The first-order chi connectivity index (χ1) is 13.8. The van der Waals surface area contributed by atoms with Crippen LogP contribution in [0.15, 0.2) is 33.9 Å². The number of rotatable bonds is 7. The minimum absolute atomic E-state index is 0.177. The van der Waals surface area contributed by atoms with Crippen molar-refractivity contribution in [3.8, 4) is 5.75 Å². The van der Waals surface area contributed by atoms with Gasteiger partial charge in [0, 0.05) is 45.9 Å². The van der Waals surface area contributed by atoms with Crippen LogP contribution < -0.4 is 21.3 Å². The van der Waals surface area contributed by atoms with Gasteiger partial charge in [0.25, 0.3) is 5.56 Å². The zero-order chi connectivity index (χ0) is 21.0. The molecule has 0 amide bonds. The topological polar surface area (TPSA) is 68.5 Å². The summed E-state index contributed by atoms with van der Waals surface area (Å²) >= 11 is 12.0. The maximum atomic E-state index is 11.9. The van der Waals surface area contributed by atoms with Gasteiger partial charge in [0.15, 0.2) is 0 Å². The number of ether oxygens (including phenoxy) is 1. The Morgan fingerprint density at radius 2 is 1.79 bits per heavy atom. The Morgan fingerprint density at radius 3 is 2.48 bits per heavy atom. The van der Waals surface area contributed by atoms with Crippen LogP contribution in [0.4, 0.5) is 5.82 Å². The number of likely N-dealkylation sites (tertiary alicyclic amines) is 1. The van der Waals surface area contributed by atoms with Gasteiger partial charge < -0.3 is 15.0 Å². The van der Waals surface area contributed by atoms with Crippen molar-refractivity contribution in [3.05, 3.63) is 55.1 Å². The summed E-state index contributed by atoms with van der Waals surface area (Å²) in [6, 6.07) is 6.80. The molecule has 0 aliphatic carbocycles. The number of aromatic nitrogens is 2. The van der Waals surface area contributed by atoms with Crippen molar-refractivity contribution in [2.45, 2.75) is 25.4 Å². The highest BCUT2D eigenvalue weighted by Gasteiger charge is 2.20. The summed E-state index contributed by atoms with van der Waals surface area (Å²) in [4.78, 5) is 26.1. The lowest BCUT2D eigenvalue weighted by molar-refractivity contribution is 0.100. The summed E-state index contributed by atoms with van der Waals surface area (Å²) in [5.74, 6) is 1.30. The molecule has 1 N–H and O–H groups in total. The van der Waals surface area contributed by atoms with Crippen LogP contribution in [0.3, 0.4) is 0 Å². The fraction of sp³-hybridized carbons (Fsp3) is 0.500. The SMILES string of the molecule is Cn1c(NCCCN2CCC(Oc3ccc(Cl)c(Cl)c3)CC2)cc(=O)n(C)c1=O. The highest BCUT2D eigenvalue weighted by molar-refractivity contribution is 6.42. The predicted octanol–water partition coefficient (Wildman–Crippen LogP) is 2.74. The van der Waals surface area contributed by atoms with E-state index in [1.54, 1.807) is 19.2 Å². The summed E-state index contributed by atoms with van der Waals surface area (Å²) in [5, 5.41) is 4.22. The number of nitrogens with one attached hydrogen (secondary N) is 1. The second-order valence-corrected chi connectivity index (χ2v) is 8.10. The van der Waals surface area contributed by atoms with Crippen LogP contribution in [-0.4, -0.2) is 46.3 Å². The molecule has 3 rings (SSSR count). The van der Waals surface area contributed by atoms with Crippen molar-refractivity contribution >= 4 is 29.0 Å². The van der Waals surface area contributed by atoms with E-state index < -0.39 is 0 Å². The number of hydrogen-bond donors (Lipinski definition) is 1. The molecule has 7 nitrogen and oxygen atoms in total. The van der Waals surface area contributed by atoms with Gasteiger partial charge in [0.05, 0.1) is 10.0 Å². The number of nitrogens with zero attached hydrogens (tertiary/aromatic N) is 3. The monoisotopic (exact) mass is 440 g/mol. The lowest BCUT2D eigenvalue weighted by atomic mass is 10.1. The number of halogens is 2.